The van der Waals surface area contributed by atoms with Gasteiger partial charge in [-0.2, -0.15) is 0 Å². The fourth-order valence-corrected chi connectivity index (χ4v) is 0.899. The lowest BCUT2D eigenvalue weighted by Crippen LogP contribution is -2.29. The molecule has 0 fully saturated rings. The fraction of sp³-hybridized carbons (Fsp3) is 0.875. The molecule has 1 atom stereocenters. The highest BCUT2D eigenvalue weighted by Crippen LogP contribution is 1.90. The van der Waals surface area contributed by atoms with E-state index in [2.05, 4.69) is 5.32 Å². The molecule has 0 aliphatic rings. The van der Waals surface area contributed by atoms with Crippen LogP contribution >= 0.6 is 0 Å². The van der Waals surface area contributed by atoms with Gasteiger partial charge in [-0.25, -0.2) is 0 Å². The molecule has 1 unspecified atom stereocenters. The van der Waals surface area contributed by atoms with Crippen LogP contribution in [0.4, 0.5) is 0 Å². The van der Waals surface area contributed by atoms with Crippen molar-refractivity contribution in [2.45, 2.75) is 25.8 Å². The monoisotopic (exact) mass is 175 g/mol. The average Bonchev–Trinajstić information content (AvgIpc) is 1.97. The third-order valence-corrected chi connectivity index (χ3v) is 1.50. The van der Waals surface area contributed by atoms with E-state index in [1.165, 1.54) is 0 Å². The molecule has 0 rings (SSSR count). The summed E-state index contributed by atoms with van der Waals surface area (Å²) >= 11 is 0. The minimum absolute atomic E-state index is 0.0411. The lowest BCUT2D eigenvalue weighted by atomic mass is 10.2. The highest BCUT2D eigenvalue weighted by molar-refractivity contribution is 5.67. The van der Waals surface area contributed by atoms with Gasteiger partial charge in [0.1, 0.15) is 0 Å². The number of aliphatic carboxylic acids is 1. The van der Waals surface area contributed by atoms with Gasteiger partial charge in [0.15, 0.2) is 0 Å². The lowest BCUT2D eigenvalue weighted by Gasteiger charge is -2.10. The Morgan fingerprint density at radius 2 is 2.33 bits per heavy atom. The Bertz CT molecular complexity index is 127. The highest BCUT2D eigenvalue weighted by atomic mass is 16.5. The van der Waals surface area contributed by atoms with Crippen LogP contribution in [-0.2, 0) is 9.53 Å². The quantitative estimate of drug-likeness (QED) is 0.552. The Balaban J connectivity index is 3.19. The second-order valence-electron chi connectivity index (χ2n) is 2.80. The van der Waals surface area contributed by atoms with Crippen molar-refractivity contribution in [1.82, 2.24) is 5.32 Å². The topological polar surface area (TPSA) is 58.6 Å². The van der Waals surface area contributed by atoms with E-state index >= 15 is 0 Å². The smallest absolute Gasteiger partial charge is 0.304 e. The first-order valence-electron chi connectivity index (χ1n) is 4.11. The summed E-state index contributed by atoms with van der Waals surface area (Å²) in [5, 5.41) is 11.5. The van der Waals surface area contributed by atoms with Gasteiger partial charge in [-0.15, -0.1) is 0 Å². The van der Waals surface area contributed by atoms with Crippen LogP contribution in [0.2, 0.25) is 0 Å². The van der Waals surface area contributed by atoms with Gasteiger partial charge >= 0.3 is 5.97 Å². The van der Waals surface area contributed by atoms with Crippen molar-refractivity contribution >= 4 is 5.97 Å². The lowest BCUT2D eigenvalue weighted by molar-refractivity contribution is -0.137. The van der Waals surface area contributed by atoms with Crippen LogP contribution in [0.3, 0.4) is 0 Å². The maximum absolute atomic E-state index is 10.2. The van der Waals surface area contributed by atoms with Gasteiger partial charge in [-0.1, -0.05) is 0 Å². The Morgan fingerprint density at radius 1 is 1.67 bits per heavy atom. The molecule has 12 heavy (non-hydrogen) atoms. The fourth-order valence-electron chi connectivity index (χ4n) is 0.899. The second-order valence-corrected chi connectivity index (χ2v) is 2.80. The van der Waals surface area contributed by atoms with Crippen LogP contribution in [0.25, 0.3) is 0 Å². The standard InChI is InChI=1S/C8H17NO3/c1-7(6-8(10)11)9-4-3-5-12-2/h7,9H,3-6H2,1-2H3,(H,10,11). The van der Waals surface area contributed by atoms with E-state index in [-0.39, 0.29) is 12.5 Å². The van der Waals surface area contributed by atoms with Crippen molar-refractivity contribution in [2.24, 2.45) is 0 Å². The maximum atomic E-state index is 10.2. The van der Waals surface area contributed by atoms with Gasteiger partial charge in [-0.05, 0) is 19.9 Å². The van der Waals surface area contributed by atoms with Crippen LogP contribution < -0.4 is 5.32 Å². The summed E-state index contributed by atoms with van der Waals surface area (Å²) in [6.07, 6.45) is 1.09. The van der Waals surface area contributed by atoms with Gasteiger partial charge in [-0.3, -0.25) is 4.79 Å². The molecule has 72 valence electrons. The summed E-state index contributed by atoms with van der Waals surface area (Å²) in [4.78, 5) is 10.2. The number of hydrogen-bond donors (Lipinski definition) is 2. The van der Waals surface area contributed by atoms with Crippen LogP contribution in [0.1, 0.15) is 19.8 Å². The maximum Gasteiger partial charge on any atom is 0.304 e. The van der Waals surface area contributed by atoms with Crippen molar-refractivity contribution in [3.8, 4) is 0 Å². The predicted molar refractivity (Wildman–Crippen MR) is 46.2 cm³/mol. The van der Waals surface area contributed by atoms with Crippen molar-refractivity contribution in [3.63, 3.8) is 0 Å². The van der Waals surface area contributed by atoms with Gasteiger partial charge in [0.2, 0.25) is 0 Å². The molecule has 0 aliphatic carbocycles. The molecule has 0 radical (unpaired) electrons. The molecule has 0 aliphatic heterocycles. The molecule has 0 spiro atoms. The molecular formula is C8H17NO3. The average molecular weight is 175 g/mol. The van der Waals surface area contributed by atoms with Crippen molar-refractivity contribution < 1.29 is 14.6 Å². The zero-order chi connectivity index (χ0) is 9.40. The summed E-state index contributed by atoms with van der Waals surface area (Å²) in [6.45, 7) is 3.38. The minimum atomic E-state index is -0.762. The molecule has 0 saturated carbocycles. The molecule has 0 saturated heterocycles. The molecule has 2 N–H and O–H groups in total. The molecule has 4 heteroatoms. The summed E-state index contributed by atoms with van der Waals surface area (Å²) in [5.74, 6) is -0.762. The SMILES string of the molecule is COCCCNC(C)CC(=O)O. The van der Waals surface area contributed by atoms with Gasteiger partial charge in [0.05, 0.1) is 6.42 Å². The number of carboxylic acid groups (broad SMARTS) is 1. The largest absolute Gasteiger partial charge is 0.481 e. The summed E-state index contributed by atoms with van der Waals surface area (Å²) in [6, 6.07) is 0.0411. The number of rotatable bonds is 7. The van der Waals surface area contributed by atoms with Crippen LogP contribution in [-0.4, -0.2) is 37.4 Å². The second kappa shape index (κ2) is 7.06. The number of hydrogen-bond acceptors (Lipinski definition) is 3. The minimum Gasteiger partial charge on any atom is -0.481 e. The Labute approximate surface area is 72.9 Å². The molecule has 0 amide bonds. The Morgan fingerprint density at radius 3 is 2.83 bits per heavy atom. The van der Waals surface area contributed by atoms with Crippen molar-refractivity contribution in [3.05, 3.63) is 0 Å². The van der Waals surface area contributed by atoms with Gasteiger partial charge < -0.3 is 15.2 Å². The van der Waals surface area contributed by atoms with E-state index < -0.39 is 5.97 Å². The van der Waals surface area contributed by atoms with E-state index in [0.717, 1.165) is 13.0 Å². The van der Waals surface area contributed by atoms with E-state index in [9.17, 15) is 4.79 Å². The number of carboxylic acids is 1. The van der Waals surface area contributed by atoms with Crippen LogP contribution in [0, 0.1) is 0 Å². The zero-order valence-electron chi connectivity index (χ0n) is 7.67. The summed E-state index contributed by atoms with van der Waals surface area (Å²) < 4.78 is 4.85. The van der Waals surface area contributed by atoms with Gasteiger partial charge in [0.25, 0.3) is 0 Å². The van der Waals surface area contributed by atoms with Crippen LogP contribution in [0.5, 0.6) is 0 Å². The summed E-state index contributed by atoms with van der Waals surface area (Å²) in [5.41, 5.74) is 0. The van der Waals surface area contributed by atoms with Gasteiger partial charge in [0, 0.05) is 19.8 Å². The predicted octanol–water partition coefficient (Wildman–Crippen LogP) is 0.476. The number of nitrogens with one attached hydrogen (secondary N) is 1. The van der Waals surface area contributed by atoms with Crippen LogP contribution in [0.15, 0.2) is 0 Å². The number of carbonyl (C=O) groups is 1. The van der Waals surface area contributed by atoms with E-state index in [1.807, 2.05) is 6.92 Å². The first-order chi connectivity index (χ1) is 5.66. The summed E-state index contributed by atoms with van der Waals surface area (Å²) in [7, 11) is 1.65. The van der Waals surface area contributed by atoms with E-state index in [0.29, 0.717) is 6.61 Å². The molecular weight excluding hydrogens is 158 g/mol. The molecule has 0 aromatic rings. The van der Waals surface area contributed by atoms with E-state index in [4.69, 9.17) is 9.84 Å². The molecule has 0 aromatic carbocycles. The first-order valence-corrected chi connectivity index (χ1v) is 4.11. The Hall–Kier alpha value is -0.610. The van der Waals surface area contributed by atoms with Crippen molar-refractivity contribution in [1.29, 1.82) is 0 Å². The molecule has 0 heterocycles. The first kappa shape index (κ1) is 11.4. The molecule has 4 nitrogen and oxygen atoms in total. The van der Waals surface area contributed by atoms with E-state index in [1.54, 1.807) is 7.11 Å². The third kappa shape index (κ3) is 7.50. The normalized spacial score (nSPS) is 12.8. The third-order valence-electron chi connectivity index (χ3n) is 1.50. The number of methoxy groups -OCH3 is 1. The van der Waals surface area contributed by atoms with Crippen molar-refractivity contribution in [2.75, 3.05) is 20.3 Å². The Kier molecular flexibility index (Phi) is 6.70. The molecule has 0 bridgehead atoms. The highest BCUT2D eigenvalue weighted by Gasteiger charge is 2.05. The zero-order valence-corrected chi connectivity index (χ0v) is 7.67. The number of ether oxygens (including phenoxy) is 1. The molecule has 0 aromatic heterocycles.